The zero-order valence-corrected chi connectivity index (χ0v) is 19.2. The number of halogens is 1. The van der Waals surface area contributed by atoms with Crippen molar-refractivity contribution in [2.24, 2.45) is 0 Å². The molecule has 9 heteroatoms. The number of carbonyl (C=O) groups excluding carboxylic acids is 3. The van der Waals surface area contributed by atoms with Crippen LogP contribution in [0.15, 0.2) is 47.4 Å². The molecule has 1 aliphatic rings. The summed E-state index contributed by atoms with van der Waals surface area (Å²) in [6.45, 7) is 3.93. The summed E-state index contributed by atoms with van der Waals surface area (Å²) in [5.74, 6) is -0.387. The van der Waals surface area contributed by atoms with Crippen molar-refractivity contribution < 1.29 is 28.6 Å². The number of esters is 1. The van der Waals surface area contributed by atoms with E-state index in [0.717, 1.165) is 22.2 Å². The van der Waals surface area contributed by atoms with Crippen LogP contribution >= 0.6 is 23.4 Å². The minimum absolute atomic E-state index is 0.169. The fourth-order valence-corrected chi connectivity index (χ4v) is 4.04. The molecule has 0 aliphatic carbocycles. The topological polar surface area (TPSA) is 82.1 Å². The van der Waals surface area contributed by atoms with E-state index in [4.69, 9.17) is 25.8 Å². The van der Waals surface area contributed by atoms with E-state index < -0.39 is 23.7 Å². The Balaban J connectivity index is 1.82. The molecule has 1 heterocycles. The van der Waals surface area contributed by atoms with Crippen LogP contribution in [-0.4, -0.2) is 41.8 Å². The van der Waals surface area contributed by atoms with Gasteiger partial charge < -0.3 is 14.2 Å². The largest absolute Gasteiger partial charge is 0.490 e. The molecule has 168 valence electrons. The van der Waals surface area contributed by atoms with Crippen molar-refractivity contribution in [2.45, 2.75) is 20.5 Å². The lowest BCUT2D eigenvalue weighted by molar-refractivity contribution is -0.145. The van der Waals surface area contributed by atoms with Gasteiger partial charge in [-0.3, -0.25) is 19.3 Å². The van der Waals surface area contributed by atoms with Crippen LogP contribution < -0.4 is 9.47 Å². The smallest absolute Gasteiger partial charge is 0.326 e. The summed E-state index contributed by atoms with van der Waals surface area (Å²) in [6.07, 6.45) is 1.53. The van der Waals surface area contributed by atoms with Gasteiger partial charge in [-0.15, -0.1) is 0 Å². The van der Waals surface area contributed by atoms with Gasteiger partial charge >= 0.3 is 5.97 Å². The van der Waals surface area contributed by atoms with E-state index in [2.05, 4.69) is 0 Å². The van der Waals surface area contributed by atoms with E-state index in [1.807, 2.05) is 37.3 Å². The maximum Gasteiger partial charge on any atom is 0.326 e. The van der Waals surface area contributed by atoms with E-state index >= 15 is 0 Å². The summed E-state index contributed by atoms with van der Waals surface area (Å²) in [4.78, 5) is 37.5. The number of imide groups is 1. The van der Waals surface area contributed by atoms with E-state index in [9.17, 15) is 14.4 Å². The average Bonchev–Trinajstić information content (AvgIpc) is 3.01. The van der Waals surface area contributed by atoms with E-state index in [-0.39, 0.29) is 11.5 Å². The highest BCUT2D eigenvalue weighted by atomic mass is 35.5. The van der Waals surface area contributed by atoms with Crippen molar-refractivity contribution in [1.82, 2.24) is 4.90 Å². The molecule has 0 spiro atoms. The molecule has 2 amide bonds. The minimum Gasteiger partial charge on any atom is -0.490 e. The first-order valence-electron chi connectivity index (χ1n) is 9.97. The Bertz CT molecular complexity index is 1040. The van der Waals surface area contributed by atoms with E-state index in [0.29, 0.717) is 35.3 Å². The Kier molecular flexibility index (Phi) is 8.19. The van der Waals surface area contributed by atoms with Crippen LogP contribution in [0.5, 0.6) is 11.5 Å². The van der Waals surface area contributed by atoms with Gasteiger partial charge in [0, 0.05) is 0 Å². The summed E-state index contributed by atoms with van der Waals surface area (Å²) in [7, 11) is 0. The fourth-order valence-electron chi connectivity index (χ4n) is 2.93. The zero-order valence-electron chi connectivity index (χ0n) is 17.6. The number of benzene rings is 2. The van der Waals surface area contributed by atoms with Crippen molar-refractivity contribution in [1.29, 1.82) is 0 Å². The molecule has 0 atom stereocenters. The SMILES string of the molecule is CCOC(=O)CN1C(=O)S/C(=C\c2cc(Cl)c(OCc3ccccc3)c(OCC)c2)C1=O. The number of nitrogens with zero attached hydrogens (tertiary/aromatic N) is 1. The molecule has 0 bridgehead atoms. The van der Waals surface area contributed by atoms with Crippen molar-refractivity contribution >= 4 is 46.6 Å². The van der Waals surface area contributed by atoms with Crippen LogP contribution in [0, 0.1) is 0 Å². The van der Waals surface area contributed by atoms with Gasteiger partial charge in [-0.05, 0) is 54.9 Å². The quantitative estimate of drug-likeness (QED) is 0.376. The van der Waals surface area contributed by atoms with Crippen molar-refractivity contribution in [3.63, 3.8) is 0 Å². The molecule has 1 aliphatic heterocycles. The summed E-state index contributed by atoms with van der Waals surface area (Å²) < 4.78 is 16.4. The molecule has 1 fully saturated rings. The molecule has 0 saturated carbocycles. The molecule has 0 radical (unpaired) electrons. The molecular weight excluding hydrogens is 454 g/mol. The second-order valence-corrected chi connectivity index (χ2v) is 8.01. The Morgan fingerprint density at radius 1 is 1.09 bits per heavy atom. The van der Waals surface area contributed by atoms with Gasteiger partial charge in [0.25, 0.3) is 11.1 Å². The normalized spacial score (nSPS) is 14.7. The number of carbonyl (C=O) groups is 3. The fraction of sp³-hybridized carbons (Fsp3) is 0.261. The molecular formula is C23H22ClNO6S. The minimum atomic E-state index is -0.641. The van der Waals surface area contributed by atoms with Gasteiger partial charge in [0.15, 0.2) is 11.5 Å². The molecule has 1 saturated heterocycles. The molecule has 2 aromatic rings. The van der Waals surface area contributed by atoms with Gasteiger partial charge in [0.05, 0.1) is 23.1 Å². The summed E-state index contributed by atoms with van der Waals surface area (Å²) in [5, 5.41) is -0.225. The van der Waals surface area contributed by atoms with Gasteiger partial charge in [-0.1, -0.05) is 41.9 Å². The lowest BCUT2D eigenvalue weighted by Gasteiger charge is -2.15. The van der Waals surface area contributed by atoms with Crippen LogP contribution in [0.3, 0.4) is 0 Å². The molecule has 2 aromatic carbocycles. The number of hydrogen-bond acceptors (Lipinski definition) is 7. The van der Waals surface area contributed by atoms with Gasteiger partial charge in [0.1, 0.15) is 13.2 Å². The lowest BCUT2D eigenvalue weighted by atomic mass is 10.1. The Morgan fingerprint density at radius 2 is 1.84 bits per heavy atom. The highest BCUT2D eigenvalue weighted by Crippen LogP contribution is 2.39. The summed E-state index contributed by atoms with van der Waals surface area (Å²) in [5.41, 5.74) is 1.54. The van der Waals surface area contributed by atoms with Gasteiger partial charge in [-0.2, -0.15) is 0 Å². The Hall–Kier alpha value is -2.97. The highest BCUT2D eigenvalue weighted by Gasteiger charge is 2.36. The van der Waals surface area contributed by atoms with Crippen molar-refractivity contribution in [3.05, 3.63) is 63.5 Å². The van der Waals surface area contributed by atoms with Crippen LogP contribution in [0.25, 0.3) is 6.08 Å². The third-order valence-corrected chi connectivity index (χ3v) is 5.51. The third-order valence-electron chi connectivity index (χ3n) is 4.32. The van der Waals surface area contributed by atoms with E-state index in [1.165, 1.54) is 6.08 Å². The lowest BCUT2D eigenvalue weighted by Crippen LogP contribution is -2.34. The van der Waals surface area contributed by atoms with Crippen LogP contribution in [0.4, 0.5) is 4.79 Å². The van der Waals surface area contributed by atoms with Crippen LogP contribution in [0.1, 0.15) is 25.0 Å². The average molecular weight is 476 g/mol. The van der Waals surface area contributed by atoms with Gasteiger partial charge in [0.2, 0.25) is 0 Å². The number of thioether (sulfide) groups is 1. The third kappa shape index (κ3) is 5.83. The number of hydrogen-bond donors (Lipinski definition) is 0. The predicted octanol–water partition coefficient (Wildman–Crippen LogP) is 4.92. The first-order valence-corrected chi connectivity index (χ1v) is 11.2. The number of ether oxygens (including phenoxy) is 3. The van der Waals surface area contributed by atoms with Crippen LogP contribution in [0.2, 0.25) is 5.02 Å². The number of amides is 2. The second-order valence-electron chi connectivity index (χ2n) is 6.61. The number of rotatable bonds is 9. The maximum atomic E-state index is 12.6. The maximum absolute atomic E-state index is 12.6. The van der Waals surface area contributed by atoms with E-state index in [1.54, 1.807) is 19.1 Å². The molecule has 0 unspecified atom stereocenters. The monoisotopic (exact) mass is 475 g/mol. The summed E-state index contributed by atoms with van der Waals surface area (Å²) in [6, 6.07) is 13.0. The molecule has 0 N–H and O–H groups in total. The Morgan fingerprint density at radius 3 is 2.53 bits per heavy atom. The van der Waals surface area contributed by atoms with Crippen molar-refractivity contribution in [3.8, 4) is 11.5 Å². The molecule has 32 heavy (non-hydrogen) atoms. The van der Waals surface area contributed by atoms with Crippen LogP contribution in [-0.2, 0) is 20.9 Å². The zero-order chi connectivity index (χ0) is 23.1. The molecule has 3 rings (SSSR count). The first kappa shape index (κ1) is 23.7. The highest BCUT2D eigenvalue weighted by molar-refractivity contribution is 8.18. The summed E-state index contributed by atoms with van der Waals surface area (Å²) >= 11 is 7.20. The predicted molar refractivity (Wildman–Crippen MR) is 123 cm³/mol. The second kappa shape index (κ2) is 11.1. The Labute approximate surface area is 195 Å². The standard InChI is InChI=1S/C23H22ClNO6S/c1-3-29-18-11-16(10-17(24)21(18)31-14-15-8-6-5-7-9-15)12-19-22(27)25(23(28)32-19)13-20(26)30-4-2/h5-12H,3-4,13-14H2,1-2H3/b19-12-. The molecule has 7 nitrogen and oxygen atoms in total. The van der Waals surface area contributed by atoms with Crippen molar-refractivity contribution in [2.75, 3.05) is 19.8 Å². The first-order chi connectivity index (χ1) is 15.4. The van der Waals surface area contributed by atoms with Gasteiger partial charge in [-0.25, -0.2) is 0 Å². The molecule has 0 aromatic heterocycles.